The van der Waals surface area contributed by atoms with Crippen molar-refractivity contribution in [3.63, 3.8) is 0 Å². The van der Waals surface area contributed by atoms with Crippen molar-refractivity contribution in [3.8, 4) is 0 Å². The first kappa shape index (κ1) is 19.7. The van der Waals surface area contributed by atoms with E-state index in [4.69, 9.17) is 10.2 Å². The van der Waals surface area contributed by atoms with Crippen molar-refractivity contribution in [2.24, 2.45) is 0 Å². The number of ether oxygens (including phenoxy) is 1. The van der Waals surface area contributed by atoms with Gasteiger partial charge in [0, 0.05) is 6.61 Å². The van der Waals surface area contributed by atoms with E-state index in [0.717, 1.165) is 25.7 Å². The molecule has 0 aliphatic heterocycles. The van der Waals surface area contributed by atoms with Gasteiger partial charge in [-0.3, -0.25) is 0 Å². The first-order chi connectivity index (χ1) is 5.27. The van der Waals surface area contributed by atoms with Gasteiger partial charge in [-0.05, 0) is 19.3 Å². The van der Waals surface area contributed by atoms with Gasteiger partial charge in [0.25, 0.3) is 0 Å². The van der Waals surface area contributed by atoms with Gasteiger partial charge < -0.3 is 17.8 Å². The van der Waals surface area contributed by atoms with E-state index in [9.17, 15) is 4.79 Å². The fraction of sp³-hybridized carbons (Fsp3) is 0.857. The van der Waals surface area contributed by atoms with Crippen LogP contribution >= 0.6 is 0 Å². The van der Waals surface area contributed by atoms with E-state index in [1.807, 2.05) is 0 Å². The molecule has 0 radical (unpaired) electrons. The molecule has 0 aromatic carbocycles. The molecular formula is C7H16Na2O4. The molecule has 0 aliphatic rings. The van der Waals surface area contributed by atoms with Crippen molar-refractivity contribution < 1.29 is 81.7 Å². The Hall–Kier alpha value is 1.23. The molecule has 0 saturated carbocycles. The minimum atomic E-state index is -1.22. The predicted molar refractivity (Wildman–Crippen MR) is 41.8 cm³/mol. The van der Waals surface area contributed by atoms with Crippen molar-refractivity contribution >= 4 is 6.16 Å². The Morgan fingerprint density at radius 1 is 1.15 bits per heavy atom. The summed E-state index contributed by atoms with van der Waals surface area (Å²) in [6.45, 7) is 0.473. The molecule has 0 unspecified atom stereocenters. The minimum Gasteiger partial charge on any atom is -1.00 e. The topological polar surface area (TPSA) is 66.8 Å². The molecule has 0 atom stereocenters. The van der Waals surface area contributed by atoms with Crippen LogP contribution in [0.5, 0.6) is 0 Å². The molecule has 0 bridgehead atoms. The second kappa shape index (κ2) is 15.7. The van der Waals surface area contributed by atoms with Gasteiger partial charge in [0.15, 0.2) is 0 Å². The Morgan fingerprint density at radius 3 is 2.15 bits per heavy atom. The summed E-state index contributed by atoms with van der Waals surface area (Å²) in [6, 6.07) is 0. The Balaban J connectivity index is -0.0000000833. The molecule has 0 rings (SSSR count). The maximum atomic E-state index is 9.83. The summed E-state index contributed by atoms with van der Waals surface area (Å²) in [6.07, 6.45) is 2.15. The molecule has 6 heteroatoms. The van der Waals surface area contributed by atoms with E-state index < -0.39 is 6.16 Å². The number of carbonyl (C=O) groups is 1. The number of unbranched alkanes of at least 4 members (excludes halogenated alkanes) is 3. The van der Waals surface area contributed by atoms with Crippen molar-refractivity contribution in [3.05, 3.63) is 0 Å². The first-order valence-corrected chi connectivity index (χ1v) is 3.74. The second-order valence-corrected chi connectivity index (χ2v) is 2.25. The maximum absolute atomic E-state index is 9.83. The molecule has 0 fully saturated rings. The molecule has 0 aromatic heterocycles. The standard InChI is InChI=1S/C7H14O4.2Na.2H/c8-5-3-1-2-4-6-11-7(9)10;;;;/h8H,1-6H2,(H,9,10);;;;/q;2*+1;2*-1. The van der Waals surface area contributed by atoms with E-state index in [1.165, 1.54) is 0 Å². The largest absolute Gasteiger partial charge is 1.00 e. The Morgan fingerprint density at radius 2 is 1.69 bits per heavy atom. The summed E-state index contributed by atoms with van der Waals surface area (Å²) in [5.74, 6) is 0. The van der Waals surface area contributed by atoms with E-state index in [0.29, 0.717) is 0 Å². The second-order valence-electron chi connectivity index (χ2n) is 2.25. The monoisotopic (exact) mass is 210 g/mol. The first-order valence-electron chi connectivity index (χ1n) is 3.74. The van der Waals surface area contributed by atoms with Crippen LogP contribution in [0, 0.1) is 0 Å². The van der Waals surface area contributed by atoms with Crippen LogP contribution in [0.25, 0.3) is 0 Å². The van der Waals surface area contributed by atoms with Gasteiger partial charge in [-0.2, -0.15) is 0 Å². The maximum Gasteiger partial charge on any atom is 1.00 e. The van der Waals surface area contributed by atoms with Crippen LogP contribution in [0.2, 0.25) is 0 Å². The number of aliphatic hydroxyl groups excluding tert-OH is 1. The molecule has 0 aliphatic carbocycles. The van der Waals surface area contributed by atoms with Gasteiger partial charge in [0.05, 0.1) is 6.61 Å². The third-order valence-electron chi connectivity index (χ3n) is 1.28. The zero-order chi connectivity index (χ0) is 8.53. The molecule has 0 amide bonds. The van der Waals surface area contributed by atoms with E-state index in [1.54, 1.807) is 0 Å². The fourth-order valence-corrected chi connectivity index (χ4v) is 0.727. The summed E-state index contributed by atoms with van der Waals surface area (Å²) in [4.78, 5) is 9.83. The summed E-state index contributed by atoms with van der Waals surface area (Å²) in [5.41, 5.74) is 0. The molecule has 0 aromatic rings. The van der Waals surface area contributed by atoms with Crippen molar-refractivity contribution in [1.29, 1.82) is 0 Å². The number of rotatable bonds is 6. The number of aliphatic hydroxyl groups is 1. The SMILES string of the molecule is O=C(O)OCCCCCCO.[H-].[H-].[Na+].[Na+]. The van der Waals surface area contributed by atoms with Crippen LogP contribution in [0.4, 0.5) is 4.79 Å². The molecule has 0 spiro atoms. The summed E-state index contributed by atoms with van der Waals surface area (Å²) < 4.78 is 4.28. The fourth-order valence-electron chi connectivity index (χ4n) is 0.727. The van der Waals surface area contributed by atoms with Gasteiger partial charge in [0.2, 0.25) is 0 Å². The summed E-state index contributed by atoms with van der Waals surface area (Å²) in [5, 5.41) is 16.4. The quantitative estimate of drug-likeness (QED) is 0.263. The Bertz CT molecular complexity index is 119. The summed E-state index contributed by atoms with van der Waals surface area (Å²) in [7, 11) is 0. The minimum absolute atomic E-state index is 0. The van der Waals surface area contributed by atoms with Gasteiger partial charge in [0.1, 0.15) is 0 Å². The molecule has 2 N–H and O–H groups in total. The van der Waals surface area contributed by atoms with Crippen LogP contribution in [0.3, 0.4) is 0 Å². The third kappa shape index (κ3) is 19.6. The van der Waals surface area contributed by atoms with Crippen LogP contribution in [-0.4, -0.2) is 29.6 Å². The van der Waals surface area contributed by atoms with Gasteiger partial charge in [-0.15, -0.1) is 0 Å². The van der Waals surface area contributed by atoms with Crippen LogP contribution in [0.1, 0.15) is 28.5 Å². The zero-order valence-corrected chi connectivity index (χ0v) is 12.5. The molecule has 70 valence electrons. The Kier molecular flexibility index (Phi) is 23.8. The van der Waals surface area contributed by atoms with Gasteiger partial charge in [-0.25, -0.2) is 4.79 Å². The van der Waals surface area contributed by atoms with Crippen molar-refractivity contribution in [2.45, 2.75) is 25.7 Å². The van der Waals surface area contributed by atoms with Gasteiger partial charge >= 0.3 is 65.3 Å². The third-order valence-corrected chi connectivity index (χ3v) is 1.28. The predicted octanol–water partition coefficient (Wildman–Crippen LogP) is -4.53. The van der Waals surface area contributed by atoms with E-state index in [-0.39, 0.29) is 75.2 Å². The van der Waals surface area contributed by atoms with Crippen molar-refractivity contribution in [2.75, 3.05) is 13.2 Å². The average molecular weight is 210 g/mol. The van der Waals surface area contributed by atoms with E-state index >= 15 is 0 Å². The normalized spacial score (nSPS) is 8.08. The smallest absolute Gasteiger partial charge is 1.00 e. The van der Waals surface area contributed by atoms with Crippen LogP contribution in [-0.2, 0) is 4.74 Å². The Labute approximate surface area is 126 Å². The number of hydrogen-bond donors (Lipinski definition) is 2. The van der Waals surface area contributed by atoms with E-state index in [2.05, 4.69) is 4.74 Å². The van der Waals surface area contributed by atoms with Crippen LogP contribution in [0.15, 0.2) is 0 Å². The number of hydrogen-bond acceptors (Lipinski definition) is 3. The summed E-state index contributed by atoms with van der Waals surface area (Å²) >= 11 is 0. The molecular weight excluding hydrogens is 194 g/mol. The molecule has 4 nitrogen and oxygen atoms in total. The molecule has 0 saturated heterocycles. The van der Waals surface area contributed by atoms with Crippen molar-refractivity contribution in [1.82, 2.24) is 0 Å². The number of carboxylic acid groups (broad SMARTS) is 1. The average Bonchev–Trinajstić information content (AvgIpc) is 1.96. The molecule has 0 heterocycles. The zero-order valence-electron chi connectivity index (χ0n) is 10.5. The van der Waals surface area contributed by atoms with Gasteiger partial charge in [-0.1, -0.05) is 6.42 Å². The van der Waals surface area contributed by atoms with Crippen LogP contribution < -0.4 is 59.1 Å². The molecule has 13 heavy (non-hydrogen) atoms.